The zero-order valence-corrected chi connectivity index (χ0v) is 7.92. The minimum absolute atomic E-state index is 0.104. The second kappa shape index (κ2) is 6.70. The van der Waals surface area contributed by atoms with Crippen molar-refractivity contribution in [2.75, 3.05) is 13.7 Å². The molecule has 0 unspecified atom stereocenters. The van der Waals surface area contributed by atoms with Crippen LogP contribution in [0.1, 0.15) is 26.7 Å². The third-order valence-corrected chi connectivity index (χ3v) is 1.33. The Morgan fingerprint density at radius 1 is 1.50 bits per heavy atom. The molecule has 0 saturated carbocycles. The van der Waals surface area contributed by atoms with E-state index in [0.29, 0.717) is 12.4 Å². The van der Waals surface area contributed by atoms with E-state index < -0.39 is 0 Å². The van der Waals surface area contributed by atoms with Crippen LogP contribution in [0.5, 0.6) is 0 Å². The summed E-state index contributed by atoms with van der Waals surface area (Å²) in [6.45, 7) is 4.10. The van der Waals surface area contributed by atoms with Crippen LogP contribution in [0.2, 0.25) is 0 Å². The number of allylic oxidation sites excluding steroid dienone is 1. The van der Waals surface area contributed by atoms with Crippen LogP contribution in [0.25, 0.3) is 0 Å². The summed E-state index contributed by atoms with van der Waals surface area (Å²) in [5, 5.41) is 0. The molecule has 0 rings (SSSR count). The molecule has 0 aliphatic heterocycles. The molecule has 0 aromatic heterocycles. The number of hydrogen-bond acceptors (Lipinski definition) is 3. The third-order valence-electron chi connectivity index (χ3n) is 1.33. The van der Waals surface area contributed by atoms with Crippen molar-refractivity contribution in [1.82, 2.24) is 0 Å². The Bertz CT molecular complexity index is 161. The van der Waals surface area contributed by atoms with Gasteiger partial charge < -0.3 is 9.47 Å². The Labute approximate surface area is 73.4 Å². The topological polar surface area (TPSA) is 35.5 Å². The highest BCUT2D eigenvalue weighted by molar-refractivity contribution is 5.90. The first-order valence-corrected chi connectivity index (χ1v) is 4.09. The molecule has 0 aromatic rings. The van der Waals surface area contributed by atoms with Gasteiger partial charge >= 0.3 is 0 Å². The maximum atomic E-state index is 10.9. The molecule has 3 nitrogen and oxygen atoms in total. The second-order valence-corrected chi connectivity index (χ2v) is 2.48. The number of carbonyl (C=O) groups excluding carboxylic acids is 1. The molecule has 12 heavy (non-hydrogen) atoms. The molecule has 0 atom stereocenters. The fraction of sp³-hybridized carbons (Fsp3) is 0.667. The highest BCUT2D eigenvalue weighted by atomic mass is 16.5. The van der Waals surface area contributed by atoms with E-state index in [1.807, 2.05) is 0 Å². The fourth-order valence-electron chi connectivity index (χ4n) is 0.652. The van der Waals surface area contributed by atoms with E-state index in [4.69, 9.17) is 4.74 Å². The summed E-state index contributed by atoms with van der Waals surface area (Å²) in [4.78, 5) is 10.9. The number of ether oxygens (including phenoxy) is 2. The predicted octanol–water partition coefficient (Wildman–Crippen LogP) is 1.88. The van der Waals surface area contributed by atoms with Gasteiger partial charge in [0.25, 0.3) is 0 Å². The molecule has 0 heterocycles. The molecule has 0 fully saturated rings. The van der Waals surface area contributed by atoms with E-state index in [2.05, 4.69) is 11.7 Å². The number of unbranched alkanes of at least 4 members (excludes halogenated alkanes) is 1. The first-order chi connectivity index (χ1) is 5.72. The third kappa shape index (κ3) is 4.77. The van der Waals surface area contributed by atoms with Crippen LogP contribution in [0, 0.1) is 0 Å². The average Bonchev–Trinajstić information content (AvgIpc) is 2.03. The summed E-state index contributed by atoms with van der Waals surface area (Å²) in [5.74, 6) is 0.193. The molecule has 0 saturated heterocycles. The number of ketones is 1. The Hall–Kier alpha value is -0.990. The van der Waals surface area contributed by atoms with Crippen LogP contribution < -0.4 is 0 Å². The van der Waals surface area contributed by atoms with Crippen LogP contribution in [0.3, 0.4) is 0 Å². The quantitative estimate of drug-likeness (QED) is 0.348. The van der Waals surface area contributed by atoms with Crippen molar-refractivity contribution in [2.24, 2.45) is 0 Å². The molecule has 0 aromatic carbocycles. The average molecular weight is 172 g/mol. The van der Waals surface area contributed by atoms with Gasteiger partial charge in [-0.3, -0.25) is 4.79 Å². The minimum Gasteiger partial charge on any atom is -0.500 e. The van der Waals surface area contributed by atoms with Gasteiger partial charge in [0.2, 0.25) is 0 Å². The monoisotopic (exact) mass is 172 g/mol. The van der Waals surface area contributed by atoms with Gasteiger partial charge in [0, 0.05) is 6.92 Å². The molecular formula is C9H16O3. The van der Waals surface area contributed by atoms with Gasteiger partial charge in [-0.25, -0.2) is 0 Å². The van der Waals surface area contributed by atoms with E-state index in [0.717, 1.165) is 12.8 Å². The van der Waals surface area contributed by atoms with Gasteiger partial charge in [-0.05, 0) is 6.42 Å². The summed E-state index contributed by atoms with van der Waals surface area (Å²) in [7, 11) is 1.49. The first kappa shape index (κ1) is 11.0. The van der Waals surface area contributed by atoms with Gasteiger partial charge in [0.15, 0.2) is 11.5 Å². The largest absolute Gasteiger partial charge is 0.500 e. The van der Waals surface area contributed by atoms with Crippen LogP contribution in [-0.4, -0.2) is 19.5 Å². The second-order valence-electron chi connectivity index (χ2n) is 2.48. The van der Waals surface area contributed by atoms with Crippen LogP contribution >= 0.6 is 0 Å². The lowest BCUT2D eigenvalue weighted by Crippen LogP contribution is -2.03. The SMILES string of the molecule is CCCCO/C(=C/OC)C(C)=O. The van der Waals surface area contributed by atoms with E-state index >= 15 is 0 Å². The molecule has 0 spiro atoms. The van der Waals surface area contributed by atoms with Gasteiger partial charge in [-0.2, -0.15) is 0 Å². The molecule has 0 aliphatic rings. The number of Topliss-reactive ketones (excluding diaryl/α,β-unsaturated/α-hetero) is 1. The Kier molecular flexibility index (Phi) is 6.15. The Morgan fingerprint density at radius 3 is 2.58 bits per heavy atom. The molecular weight excluding hydrogens is 156 g/mol. The Morgan fingerprint density at radius 2 is 2.17 bits per heavy atom. The molecule has 0 amide bonds. The van der Waals surface area contributed by atoms with Gasteiger partial charge in [0.1, 0.15) is 6.26 Å². The van der Waals surface area contributed by atoms with Gasteiger partial charge in [-0.15, -0.1) is 0 Å². The normalized spacial score (nSPS) is 11.1. The zero-order valence-electron chi connectivity index (χ0n) is 7.92. The lowest BCUT2D eigenvalue weighted by molar-refractivity contribution is -0.117. The molecule has 0 N–H and O–H groups in total. The molecule has 70 valence electrons. The van der Waals surface area contributed by atoms with E-state index in [1.54, 1.807) is 0 Å². The van der Waals surface area contributed by atoms with Crippen LogP contribution in [-0.2, 0) is 14.3 Å². The zero-order chi connectivity index (χ0) is 9.40. The molecule has 0 bridgehead atoms. The predicted molar refractivity (Wildman–Crippen MR) is 46.6 cm³/mol. The minimum atomic E-state index is -0.104. The molecule has 3 heteroatoms. The number of hydrogen-bond donors (Lipinski definition) is 0. The van der Waals surface area contributed by atoms with Crippen molar-refractivity contribution in [2.45, 2.75) is 26.7 Å². The van der Waals surface area contributed by atoms with Crippen molar-refractivity contribution in [3.05, 3.63) is 12.0 Å². The van der Waals surface area contributed by atoms with Gasteiger partial charge in [-0.1, -0.05) is 13.3 Å². The summed E-state index contributed by atoms with van der Waals surface area (Å²) < 4.78 is 9.86. The maximum Gasteiger partial charge on any atom is 0.197 e. The number of carbonyl (C=O) groups is 1. The highest BCUT2D eigenvalue weighted by Gasteiger charge is 2.03. The standard InChI is InChI=1S/C9H16O3/c1-4-5-6-12-9(7-11-3)8(2)10/h7H,4-6H2,1-3H3/b9-7+. The number of rotatable bonds is 6. The lowest BCUT2D eigenvalue weighted by atomic mass is 10.3. The summed E-state index contributed by atoms with van der Waals surface area (Å²) in [5.41, 5.74) is 0. The van der Waals surface area contributed by atoms with Crippen molar-refractivity contribution >= 4 is 5.78 Å². The fourth-order valence-corrected chi connectivity index (χ4v) is 0.652. The lowest BCUT2D eigenvalue weighted by Gasteiger charge is -2.05. The summed E-state index contributed by atoms with van der Waals surface area (Å²) in [6.07, 6.45) is 3.34. The molecule has 0 aliphatic carbocycles. The summed E-state index contributed by atoms with van der Waals surface area (Å²) in [6, 6.07) is 0. The molecule has 0 radical (unpaired) electrons. The smallest absolute Gasteiger partial charge is 0.197 e. The van der Waals surface area contributed by atoms with Crippen LogP contribution in [0.15, 0.2) is 12.0 Å². The highest BCUT2D eigenvalue weighted by Crippen LogP contribution is 2.01. The van der Waals surface area contributed by atoms with Crippen molar-refractivity contribution in [1.29, 1.82) is 0 Å². The van der Waals surface area contributed by atoms with E-state index in [-0.39, 0.29) is 5.78 Å². The van der Waals surface area contributed by atoms with Gasteiger partial charge in [0.05, 0.1) is 13.7 Å². The first-order valence-electron chi connectivity index (χ1n) is 4.09. The van der Waals surface area contributed by atoms with Crippen molar-refractivity contribution in [3.63, 3.8) is 0 Å². The van der Waals surface area contributed by atoms with Crippen molar-refractivity contribution in [3.8, 4) is 0 Å². The van der Waals surface area contributed by atoms with Crippen molar-refractivity contribution < 1.29 is 14.3 Å². The number of methoxy groups -OCH3 is 1. The van der Waals surface area contributed by atoms with E-state index in [1.165, 1.54) is 20.3 Å². The van der Waals surface area contributed by atoms with E-state index in [9.17, 15) is 4.79 Å². The summed E-state index contributed by atoms with van der Waals surface area (Å²) >= 11 is 0. The Balaban J connectivity index is 3.81. The van der Waals surface area contributed by atoms with Crippen LogP contribution in [0.4, 0.5) is 0 Å². The maximum absolute atomic E-state index is 10.9.